The Morgan fingerprint density at radius 1 is 1.08 bits per heavy atom. The summed E-state index contributed by atoms with van der Waals surface area (Å²) in [5, 5.41) is 0. The van der Waals surface area contributed by atoms with Crippen molar-refractivity contribution < 1.29 is 0 Å². The summed E-state index contributed by atoms with van der Waals surface area (Å²) in [6.45, 7) is 4.48. The first kappa shape index (κ1) is 13.5. The second kappa shape index (κ2) is 7.83. The molecule has 0 aliphatic rings. The van der Waals surface area contributed by atoms with Gasteiger partial charge in [0.1, 0.15) is 0 Å². The van der Waals surface area contributed by atoms with Crippen molar-refractivity contribution >= 4 is 41.0 Å². The first-order chi connectivity index (χ1) is 5.86. The molecule has 1 aromatic rings. The summed E-state index contributed by atoms with van der Waals surface area (Å²) in [5.41, 5.74) is 1.46. The average molecular weight is 253 g/mol. The molecule has 0 N–H and O–H groups in total. The molecule has 0 aliphatic carbocycles. The van der Waals surface area contributed by atoms with Gasteiger partial charge in [0.25, 0.3) is 0 Å². The predicted molar refractivity (Wildman–Crippen MR) is 66.6 cm³/mol. The van der Waals surface area contributed by atoms with Crippen molar-refractivity contribution in [3.05, 3.63) is 29.8 Å². The minimum absolute atomic E-state index is 0. The summed E-state index contributed by atoms with van der Waals surface area (Å²) < 4.78 is 3.07. The van der Waals surface area contributed by atoms with Crippen molar-refractivity contribution in [2.24, 2.45) is 0 Å². The second-order valence-corrected chi connectivity index (χ2v) is 5.30. The molecule has 0 bridgehead atoms. The molecule has 0 spiro atoms. The monoisotopic (exact) mass is 252 g/mol. The van der Waals surface area contributed by atoms with Crippen LogP contribution >= 0.6 is 17.0 Å². The molecule has 0 radical (unpaired) electrons. The molecule has 0 aliphatic heterocycles. The smallest absolute Gasteiger partial charge is 0.174 e. The van der Waals surface area contributed by atoms with Gasteiger partial charge in [0.2, 0.25) is 0 Å². The van der Waals surface area contributed by atoms with Crippen LogP contribution in [0.1, 0.15) is 25.8 Å². The molecule has 0 heterocycles. The summed E-state index contributed by atoms with van der Waals surface area (Å²) in [4.78, 5) is 0. The van der Waals surface area contributed by atoms with E-state index in [4.69, 9.17) is 0 Å². The molecule has 0 amide bonds. The number of aryl methyl sites for hydroxylation is 1. The van der Waals surface area contributed by atoms with E-state index < -0.39 is 0 Å². The molecule has 13 heavy (non-hydrogen) atoms. The van der Waals surface area contributed by atoms with E-state index >= 15 is 0 Å². The van der Waals surface area contributed by atoms with Crippen LogP contribution in [0.3, 0.4) is 0 Å². The van der Waals surface area contributed by atoms with E-state index in [2.05, 4.69) is 38.1 Å². The normalized spacial score (nSPS) is 8.77. The van der Waals surface area contributed by atoms with Crippen LogP contribution in [0.2, 0.25) is 4.55 Å². The lowest BCUT2D eigenvalue weighted by atomic mass is 10.2. The molecule has 1 rings (SSSR count). The van der Waals surface area contributed by atoms with Crippen molar-refractivity contribution in [3.63, 3.8) is 0 Å². The molecule has 0 fully saturated rings. The Bertz CT molecular complexity index is 218. The molecule has 0 unspecified atom stereocenters. The van der Waals surface area contributed by atoms with Gasteiger partial charge in [-0.1, -0.05) is 44.5 Å². The van der Waals surface area contributed by atoms with Gasteiger partial charge in [-0.05, 0) is 12.0 Å². The van der Waals surface area contributed by atoms with Crippen LogP contribution in [0.25, 0.3) is 0 Å². The van der Waals surface area contributed by atoms with E-state index in [1.165, 1.54) is 16.5 Å². The van der Waals surface area contributed by atoms with E-state index in [-0.39, 0.29) is 37.3 Å². The molecular formula is C11H17BrMg. The summed E-state index contributed by atoms with van der Waals surface area (Å²) in [5.74, 6) is 0. The van der Waals surface area contributed by atoms with Crippen molar-refractivity contribution in [2.45, 2.75) is 31.2 Å². The van der Waals surface area contributed by atoms with Crippen molar-refractivity contribution in [3.8, 4) is 0 Å². The van der Waals surface area contributed by atoms with Gasteiger partial charge < -0.3 is 0 Å². The van der Waals surface area contributed by atoms with Gasteiger partial charge in [0, 0.05) is 0 Å². The fourth-order valence-corrected chi connectivity index (χ4v) is 2.65. The van der Waals surface area contributed by atoms with Crippen LogP contribution in [0.4, 0.5) is 0 Å². The second-order valence-electron chi connectivity index (χ2n) is 3.27. The van der Waals surface area contributed by atoms with E-state index in [1.54, 1.807) is 3.69 Å². The highest BCUT2D eigenvalue weighted by atomic mass is 79.9. The third kappa shape index (κ3) is 5.04. The zero-order valence-electron chi connectivity index (χ0n) is 8.55. The number of halogens is 1. The third-order valence-corrected chi connectivity index (χ3v) is 4.36. The minimum Gasteiger partial charge on any atom is -0.174 e. The zero-order valence-corrected chi connectivity index (χ0v) is 11.7. The van der Waals surface area contributed by atoms with Gasteiger partial charge >= 0.3 is 20.4 Å². The standard InChI is InChI=1S/C8H9.C3H7.BrH.Mg/c1-2-8-6-4-3-5-7-8;1-3-2;;/h4-7H,2H2,1H3;1,3H2,2H3;1H;. The first-order valence-electron chi connectivity index (χ1n) is 4.94. The van der Waals surface area contributed by atoms with Crippen LogP contribution in [0.15, 0.2) is 24.3 Å². The molecule has 2 heteroatoms. The van der Waals surface area contributed by atoms with Crippen LogP contribution in [0, 0.1) is 0 Å². The van der Waals surface area contributed by atoms with Gasteiger partial charge in [0.05, 0.1) is 0 Å². The van der Waals surface area contributed by atoms with Crippen molar-refractivity contribution in [1.82, 2.24) is 0 Å². The molecule has 0 atom stereocenters. The molecule has 0 saturated carbocycles. The fraction of sp³-hybridized carbons (Fsp3) is 0.455. The van der Waals surface area contributed by atoms with Crippen molar-refractivity contribution in [1.29, 1.82) is 0 Å². The van der Waals surface area contributed by atoms with Gasteiger partial charge in [0.15, 0.2) is 0 Å². The lowest BCUT2D eigenvalue weighted by molar-refractivity contribution is 1.08. The Morgan fingerprint density at radius 2 is 1.69 bits per heavy atom. The van der Waals surface area contributed by atoms with Gasteiger partial charge in [-0.15, -0.1) is 21.5 Å². The number of hydrogen-bond donors (Lipinski definition) is 0. The van der Waals surface area contributed by atoms with Gasteiger partial charge in [-0.2, -0.15) is 3.69 Å². The lowest BCUT2D eigenvalue weighted by Crippen LogP contribution is -2.12. The van der Waals surface area contributed by atoms with Crippen molar-refractivity contribution in [2.75, 3.05) is 0 Å². The summed E-state index contributed by atoms with van der Waals surface area (Å²) >= 11 is 0.0649. The van der Waals surface area contributed by atoms with Crippen LogP contribution in [-0.2, 0) is 6.42 Å². The third-order valence-electron chi connectivity index (χ3n) is 2.25. The Morgan fingerprint density at radius 3 is 2.15 bits per heavy atom. The quantitative estimate of drug-likeness (QED) is 0.724. The Labute approximate surface area is 102 Å². The van der Waals surface area contributed by atoms with Crippen LogP contribution in [-0.4, -0.2) is 20.4 Å². The Balaban J connectivity index is 0.00000144. The van der Waals surface area contributed by atoms with Gasteiger partial charge in [-0.3, -0.25) is 0 Å². The predicted octanol–water partition coefficient (Wildman–Crippen LogP) is 2.98. The first-order valence-corrected chi connectivity index (χ1v) is 6.65. The molecule has 70 valence electrons. The Kier molecular flexibility index (Phi) is 8.11. The topological polar surface area (TPSA) is 0 Å². The number of hydrogen-bond acceptors (Lipinski definition) is 0. The number of benzene rings is 1. The van der Waals surface area contributed by atoms with Crippen LogP contribution in [0.5, 0.6) is 0 Å². The number of rotatable bonds is 4. The molecule has 0 saturated heterocycles. The highest BCUT2D eigenvalue weighted by Gasteiger charge is 1.96. The molecule has 0 nitrogen and oxygen atoms in total. The highest BCUT2D eigenvalue weighted by molar-refractivity contribution is 8.93. The maximum absolute atomic E-state index is 2.32. The summed E-state index contributed by atoms with van der Waals surface area (Å²) in [6, 6.07) is 9.19. The fourth-order valence-electron chi connectivity index (χ4n) is 1.32. The lowest BCUT2D eigenvalue weighted by Gasteiger charge is -1.99. The van der Waals surface area contributed by atoms with Gasteiger partial charge in [-0.25, -0.2) is 0 Å². The summed E-state index contributed by atoms with van der Waals surface area (Å²) in [7, 11) is 0. The maximum atomic E-state index is 2.32. The maximum Gasteiger partial charge on any atom is 0.408 e. The summed E-state index contributed by atoms with van der Waals surface area (Å²) in [6.07, 6.45) is 2.51. The van der Waals surface area contributed by atoms with Crippen LogP contribution < -0.4 is 3.69 Å². The zero-order chi connectivity index (χ0) is 8.81. The van der Waals surface area contributed by atoms with E-state index in [1.807, 2.05) is 0 Å². The molecule has 0 aromatic heterocycles. The molecular weight excluding hydrogens is 236 g/mol. The van der Waals surface area contributed by atoms with E-state index in [0.717, 1.165) is 6.42 Å². The van der Waals surface area contributed by atoms with E-state index in [9.17, 15) is 0 Å². The average Bonchev–Trinajstić information content (AvgIpc) is 2.15. The largest absolute Gasteiger partial charge is 0.408 e. The Hall–Kier alpha value is 0.466. The van der Waals surface area contributed by atoms with E-state index in [0.29, 0.717) is 0 Å². The highest BCUT2D eigenvalue weighted by Crippen LogP contribution is 1.97. The molecule has 1 aromatic carbocycles. The minimum atomic E-state index is 0. The SMILES string of the molecule is Br.CC[CH2][Mg][c]1ccc(CC)cc1.